The number of nitrogens with one attached hydrogen (secondary N) is 1. The van der Waals surface area contributed by atoms with Crippen molar-refractivity contribution in [2.45, 2.75) is 46.3 Å². The number of rotatable bonds is 6. The van der Waals surface area contributed by atoms with Gasteiger partial charge in [0.2, 0.25) is 0 Å². The van der Waals surface area contributed by atoms with E-state index < -0.39 is 12.0 Å². The Morgan fingerprint density at radius 2 is 2.00 bits per heavy atom. The summed E-state index contributed by atoms with van der Waals surface area (Å²) in [6, 6.07) is -1.03. The van der Waals surface area contributed by atoms with Gasteiger partial charge in [-0.25, -0.2) is 4.79 Å². The second kappa shape index (κ2) is 6.64. The largest absolute Gasteiger partial charge is 0.480 e. The molecule has 23 heavy (non-hydrogen) atoms. The Morgan fingerprint density at radius 3 is 2.57 bits per heavy atom. The fraction of sp³-hybridized carbons (Fsp3) is 0.467. The van der Waals surface area contributed by atoms with Gasteiger partial charge in [0.25, 0.3) is 5.91 Å². The number of amides is 1. The zero-order valence-electron chi connectivity index (χ0n) is 13.6. The van der Waals surface area contributed by atoms with Crippen molar-refractivity contribution in [3.8, 4) is 0 Å². The molecule has 2 aromatic rings. The summed E-state index contributed by atoms with van der Waals surface area (Å²) < 4.78 is 3.12. The molecule has 2 heterocycles. The van der Waals surface area contributed by atoms with E-state index in [9.17, 15) is 9.59 Å². The molecule has 2 atom stereocenters. The maximum absolute atomic E-state index is 12.3. The van der Waals surface area contributed by atoms with Crippen molar-refractivity contribution in [2.24, 2.45) is 0 Å². The predicted molar refractivity (Wildman–Crippen MR) is 83.1 cm³/mol. The number of aliphatic carboxylic acids is 1. The van der Waals surface area contributed by atoms with Crippen LogP contribution < -0.4 is 5.32 Å². The first kappa shape index (κ1) is 16.7. The molecule has 0 bridgehead atoms. The average Bonchev–Trinajstić information content (AvgIpc) is 3.12. The van der Waals surface area contributed by atoms with E-state index in [0.29, 0.717) is 5.56 Å². The van der Waals surface area contributed by atoms with Crippen LogP contribution in [0.15, 0.2) is 18.6 Å². The van der Waals surface area contributed by atoms with Gasteiger partial charge in [-0.1, -0.05) is 0 Å². The number of hydrogen-bond acceptors (Lipinski definition) is 4. The number of carboxylic acids is 1. The summed E-state index contributed by atoms with van der Waals surface area (Å²) >= 11 is 0. The lowest BCUT2D eigenvalue weighted by Crippen LogP contribution is -2.26. The molecular formula is C15H21N5O3. The van der Waals surface area contributed by atoms with E-state index in [2.05, 4.69) is 15.5 Å². The Bertz CT molecular complexity index is 719. The second-order valence-corrected chi connectivity index (χ2v) is 5.42. The summed E-state index contributed by atoms with van der Waals surface area (Å²) in [5, 5.41) is 20.0. The lowest BCUT2D eigenvalue weighted by Gasteiger charge is -2.13. The van der Waals surface area contributed by atoms with E-state index in [1.165, 1.54) is 24.0 Å². The fourth-order valence-electron chi connectivity index (χ4n) is 2.34. The molecule has 0 saturated heterocycles. The summed E-state index contributed by atoms with van der Waals surface area (Å²) in [6.45, 7) is 8.12. The van der Waals surface area contributed by atoms with Crippen molar-refractivity contribution >= 4 is 11.9 Å². The Kier molecular flexibility index (Phi) is 4.83. The highest BCUT2D eigenvalue weighted by atomic mass is 16.4. The standard InChI is InChI=1S/C15H21N5O3/c1-5-19-10(3)13(7-17-19)9(2)18-14(21)12-6-16-20(8-12)11(4)15(22)23/h6-9,11H,5H2,1-4H3,(H,18,21)(H,22,23). The quantitative estimate of drug-likeness (QED) is 0.841. The van der Waals surface area contributed by atoms with Crippen LogP contribution in [0, 0.1) is 6.92 Å². The molecular weight excluding hydrogens is 298 g/mol. The number of hydrogen-bond donors (Lipinski definition) is 2. The predicted octanol–water partition coefficient (Wildman–Crippen LogP) is 1.54. The molecule has 2 aromatic heterocycles. The first-order chi connectivity index (χ1) is 10.8. The maximum Gasteiger partial charge on any atom is 0.328 e. The van der Waals surface area contributed by atoms with Crippen LogP contribution in [0.5, 0.6) is 0 Å². The third-order valence-electron chi connectivity index (χ3n) is 3.87. The van der Waals surface area contributed by atoms with Gasteiger partial charge in [0, 0.05) is 24.0 Å². The van der Waals surface area contributed by atoms with Crippen molar-refractivity contribution < 1.29 is 14.7 Å². The molecule has 0 aliphatic heterocycles. The number of aromatic nitrogens is 4. The van der Waals surface area contributed by atoms with E-state index in [1.54, 1.807) is 6.20 Å². The first-order valence-electron chi connectivity index (χ1n) is 7.45. The molecule has 0 aliphatic carbocycles. The molecule has 8 nitrogen and oxygen atoms in total. The fourth-order valence-corrected chi connectivity index (χ4v) is 2.34. The second-order valence-electron chi connectivity index (χ2n) is 5.42. The minimum Gasteiger partial charge on any atom is -0.480 e. The minimum atomic E-state index is -1.00. The summed E-state index contributed by atoms with van der Waals surface area (Å²) in [4.78, 5) is 23.2. The number of carbonyl (C=O) groups is 2. The Labute approximate surface area is 134 Å². The molecule has 2 unspecified atom stereocenters. The SMILES string of the molecule is CCn1ncc(C(C)NC(=O)c2cnn(C(C)C(=O)O)c2)c1C. The highest BCUT2D eigenvalue weighted by Gasteiger charge is 2.19. The third kappa shape index (κ3) is 3.41. The highest BCUT2D eigenvalue weighted by molar-refractivity contribution is 5.94. The first-order valence-corrected chi connectivity index (χ1v) is 7.45. The normalized spacial score (nSPS) is 13.6. The van der Waals surface area contributed by atoms with Gasteiger partial charge < -0.3 is 10.4 Å². The van der Waals surface area contributed by atoms with Gasteiger partial charge >= 0.3 is 5.97 Å². The summed E-state index contributed by atoms with van der Waals surface area (Å²) in [6.07, 6.45) is 4.55. The smallest absolute Gasteiger partial charge is 0.328 e. The molecule has 0 fully saturated rings. The maximum atomic E-state index is 12.3. The van der Waals surface area contributed by atoms with Crippen molar-refractivity contribution in [1.29, 1.82) is 0 Å². The van der Waals surface area contributed by atoms with Crippen LogP contribution in [0.4, 0.5) is 0 Å². The third-order valence-corrected chi connectivity index (χ3v) is 3.87. The van der Waals surface area contributed by atoms with Gasteiger partial charge in [0.15, 0.2) is 0 Å². The summed E-state index contributed by atoms with van der Waals surface area (Å²) in [5.74, 6) is -1.30. The average molecular weight is 319 g/mol. The van der Waals surface area contributed by atoms with Crippen LogP contribution >= 0.6 is 0 Å². The summed E-state index contributed by atoms with van der Waals surface area (Å²) in [5.41, 5.74) is 2.28. The Hall–Kier alpha value is -2.64. The molecule has 0 spiro atoms. The molecule has 0 radical (unpaired) electrons. The van der Waals surface area contributed by atoms with Crippen LogP contribution in [-0.4, -0.2) is 36.5 Å². The van der Waals surface area contributed by atoms with Crippen LogP contribution in [0.25, 0.3) is 0 Å². The number of nitrogens with zero attached hydrogens (tertiary/aromatic N) is 4. The van der Waals surface area contributed by atoms with E-state index in [4.69, 9.17) is 5.11 Å². The van der Waals surface area contributed by atoms with Gasteiger partial charge in [0.05, 0.1) is 24.0 Å². The molecule has 0 saturated carbocycles. The van der Waals surface area contributed by atoms with E-state index in [-0.39, 0.29) is 11.9 Å². The lowest BCUT2D eigenvalue weighted by molar-refractivity contribution is -0.140. The molecule has 2 rings (SSSR count). The molecule has 1 amide bonds. The minimum absolute atomic E-state index is 0.206. The van der Waals surface area contributed by atoms with Gasteiger partial charge in [-0.15, -0.1) is 0 Å². The zero-order chi connectivity index (χ0) is 17.1. The van der Waals surface area contributed by atoms with Crippen LogP contribution in [-0.2, 0) is 11.3 Å². The van der Waals surface area contributed by atoms with Crippen LogP contribution in [0.3, 0.4) is 0 Å². The van der Waals surface area contributed by atoms with Gasteiger partial charge in [-0.3, -0.25) is 14.2 Å². The number of carbonyl (C=O) groups excluding carboxylic acids is 1. The zero-order valence-corrected chi connectivity index (χ0v) is 13.6. The van der Waals surface area contributed by atoms with Crippen LogP contribution in [0.2, 0.25) is 0 Å². The van der Waals surface area contributed by atoms with Crippen LogP contribution in [0.1, 0.15) is 54.5 Å². The van der Waals surface area contributed by atoms with Crippen molar-refractivity contribution in [3.05, 3.63) is 35.4 Å². The highest BCUT2D eigenvalue weighted by Crippen LogP contribution is 2.17. The molecule has 124 valence electrons. The van der Waals surface area contributed by atoms with Gasteiger partial charge in [-0.2, -0.15) is 10.2 Å². The number of aryl methyl sites for hydroxylation is 1. The van der Waals surface area contributed by atoms with Crippen molar-refractivity contribution in [1.82, 2.24) is 24.9 Å². The topological polar surface area (TPSA) is 102 Å². The Balaban J connectivity index is 2.09. The molecule has 8 heteroatoms. The summed E-state index contributed by atoms with van der Waals surface area (Å²) in [7, 11) is 0. The number of carboxylic acid groups (broad SMARTS) is 1. The molecule has 2 N–H and O–H groups in total. The van der Waals surface area contributed by atoms with E-state index in [0.717, 1.165) is 17.8 Å². The van der Waals surface area contributed by atoms with Crippen molar-refractivity contribution in [2.75, 3.05) is 0 Å². The Morgan fingerprint density at radius 1 is 1.30 bits per heavy atom. The lowest BCUT2D eigenvalue weighted by atomic mass is 10.1. The molecule has 0 aromatic carbocycles. The monoisotopic (exact) mass is 319 g/mol. The van der Waals surface area contributed by atoms with Gasteiger partial charge in [-0.05, 0) is 27.7 Å². The molecule has 0 aliphatic rings. The van der Waals surface area contributed by atoms with Gasteiger partial charge in [0.1, 0.15) is 6.04 Å². The van der Waals surface area contributed by atoms with E-state index >= 15 is 0 Å². The van der Waals surface area contributed by atoms with Crippen molar-refractivity contribution in [3.63, 3.8) is 0 Å². The van der Waals surface area contributed by atoms with E-state index in [1.807, 2.05) is 25.5 Å².